The largest absolute Gasteiger partial charge is 0.490 e. The number of nitro groups is 2. The van der Waals surface area contributed by atoms with E-state index in [1.165, 1.54) is 12.3 Å². The smallest absolute Gasteiger partial charge is 0.318 e. The van der Waals surface area contributed by atoms with E-state index in [4.69, 9.17) is 14.2 Å². The SMILES string of the molecule is CCOc1cc(/C=N/NC(=O)COc2c(C)cccc2C)ccc1Oc1ccc([N+](=O)[O-])cc1[N+](=O)[O-]. The van der Waals surface area contributed by atoms with Gasteiger partial charge in [-0.15, -0.1) is 0 Å². The third-order valence-electron chi connectivity index (χ3n) is 5.00. The van der Waals surface area contributed by atoms with Crippen molar-refractivity contribution in [1.82, 2.24) is 5.43 Å². The number of hydrazone groups is 1. The molecule has 0 heterocycles. The lowest BCUT2D eigenvalue weighted by Gasteiger charge is -2.12. The van der Waals surface area contributed by atoms with Gasteiger partial charge < -0.3 is 14.2 Å². The number of nitro benzene ring substituents is 2. The van der Waals surface area contributed by atoms with Gasteiger partial charge in [0.1, 0.15) is 5.75 Å². The summed E-state index contributed by atoms with van der Waals surface area (Å²) < 4.78 is 16.8. The van der Waals surface area contributed by atoms with Crippen molar-refractivity contribution in [2.24, 2.45) is 5.10 Å². The van der Waals surface area contributed by atoms with Crippen molar-refractivity contribution in [1.29, 1.82) is 0 Å². The Hall–Kier alpha value is -5.00. The number of nitrogens with zero attached hydrogens (tertiary/aromatic N) is 3. The van der Waals surface area contributed by atoms with E-state index in [1.54, 1.807) is 19.1 Å². The molecule has 192 valence electrons. The van der Waals surface area contributed by atoms with Crippen LogP contribution in [0.4, 0.5) is 11.4 Å². The molecule has 0 aromatic heterocycles. The third-order valence-corrected chi connectivity index (χ3v) is 5.00. The Balaban J connectivity index is 1.70. The predicted molar refractivity (Wildman–Crippen MR) is 135 cm³/mol. The van der Waals surface area contributed by atoms with Gasteiger partial charge in [-0.3, -0.25) is 25.0 Å². The molecule has 1 N–H and O–H groups in total. The second-order valence-corrected chi connectivity index (χ2v) is 7.71. The number of carbonyl (C=O) groups is 1. The maximum Gasteiger partial charge on any atom is 0.318 e. The van der Waals surface area contributed by atoms with Crippen LogP contribution in [0.2, 0.25) is 0 Å². The monoisotopic (exact) mass is 508 g/mol. The van der Waals surface area contributed by atoms with Crippen LogP contribution in [0.15, 0.2) is 59.7 Å². The van der Waals surface area contributed by atoms with E-state index in [0.717, 1.165) is 29.3 Å². The van der Waals surface area contributed by atoms with Crippen molar-refractivity contribution in [3.05, 3.63) is 91.5 Å². The Labute approximate surface area is 211 Å². The van der Waals surface area contributed by atoms with Crippen LogP contribution in [0.5, 0.6) is 23.0 Å². The normalized spacial score (nSPS) is 10.7. The summed E-state index contributed by atoms with van der Waals surface area (Å²) >= 11 is 0. The average Bonchev–Trinajstić information content (AvgIpc) is 2.85. The van der Waals surface area contributed by atoms with E-state index in [9.17, 15) is 25.0 Å². The van der Waals surface area contributed by atoms with Crippen molar-refractivity contribution in [2.45, 2.75) is 20.8 Å². The number of carbonyl (C=O) groups excluding carboxylic acids is 1. The standard InChI is InChI=1S/C25H24N4O8/c1-4-35-23-12-18(14-26-27-24(30)15-36-25-16(2)6-5-7-17(25)3)8-10-22(23)37-21-11-9-19(28(31)32)13-20(21)29(33)34/h5-14H,4,15H2,1-3H3,(H,27,30)/b26-14+. The van der Waals surface area contributed by atoms with Crippen LogP contribution >= 0.6 is 0 Å². The first-order valence-corrected chi connectivity index (χ1v) is 11.1. The minimum Gasteiger partial charge on any atom is -0.490 e. The average molecular weight is 508 g/mol. The fourth-order valence-corrected chi connectivity index (χ4v) is 3.30. The van der Waals surface area contributed by atoms with Crippen LogP contribution in [0, 0.1) is 34.1 Å². The molecule has 0 bridgehead atoms. The molecule has 3 rings (SSSR count). The predicted octanol–water partition coefficient (Wildman–Crippen LogP) is 4.84. The molecule has 0 spiro atoms. The molecule has 0 unspecified atom stereocenters. The zero-order valence-corrected chi connectivity index (χ0v) is 20.3. The number of para-hydroxylation sites is 1. The zero-order chi connectivity index (χ0) is 26.9. The Morgan fingerprint density at radius 3 is 2.30 bits per heavy atom. The number of nitrogens with one attached hydrogen (secondary N) is 1. The molecule has 12 heteroatoms. The molecule has 1 amide bonds. The molecule has 37 heavy (non-hydrogen) atoms. The van der Waals surface area contributed by atoms with Gasteiger partial charge in [-0.25, -0.2) is 5.43 Å². The first kappa shape index (κ1) is 26.6. The second-order valence-electron chi connectivity index (χ2n) is 7.71. The molecule has 0 atom stereocenters. The highest BCUT2D eigenvalue weighted by atomic mass is 16.6. The minimum atomic E-state index is -0.767. The number of non-ortho nitro benzene ring substituents is 1. The maximum atomic E-state index is 12.1. The van der Waals surface area contributed by atoms with Gasteiger partial charge in [0.2, 0.25) is 5.75 Å². The fraction of sp³-hybridized carbons (Fsp3) is 0.200. The summed E-state index contributed by atoms with van der Waals surface area (Å²) in [5.41, 5.74) is 3.77. The maximum absolute atomic E-state index is 12.1. The summed E-state index contributed by atoms with van der Waals surface area (Å²) in [7, 11) is 0. The first-order chi connectivity index (χ1) is 17.7. The van der Waals surface area contributed by atoms with Gasteiger partial charge in [0.25, 0.3) is 11.6 Å². The van der Waals surface area contributed by atoms with E-state index < -0.39 is 27.1 Å². The van der Waals surface area contributed by atoms with Crippen molar-refractivity contribution < 1.29 is 28.9 Å². The molecule has 0 radical (unpaired) electrons. The van der Waals surface area contributed by atoms with Gasteiger partial charge in [-0.2, -0.15) is 5.10 Å². The molecule has 3 aromatic carbocycles. The van der Waals surface area contributed by atoms with E-state index >= 15 is 0 Å². The number of ether oxygens (including phenoxy) is 3. The van der Waals surface area contributed by atoms with Crippen molar-refractivity contribution in [3.63, 3.8) is 0 Å². The van der Waals surface area contributed by atoms with Crippen molar-refractivity contribution in [2.75, 3.05) is 13.2 Å². The van der Waals surface area contributed by atoms with Crippen LogP contribution in [0.3, 0.4) is 0 Å². The molecular weight excluding hydrogens is 484 g/mol. The molecule has 0 aliphatic carbocycles. The van der Waals surface area contributed by atoms with Gasteiger partial charge in [0, 0.05) is 6.07 Å². The topological polar surface area (TPSA) is 155 Å². The number of rotatable bonds is 11. The van der Waals surface area contributed by atoms with Crippen molar-refractivity contribution in [3.8, 4) is 23.0 Å². The van der Waals surface area contributed by atoms with Crippen molar-refractivity contribution >= 4 is 23.5 Å². The fourth-order valence-electron chi connectivity index (χ4n) is 3.30. The Kier molecular flexibility index (Phi) is 8.71. The summed E-state index contributed by atoms with van der Waals surface area (Å²) in [4.78, 5) is 33.0. The van der Waals surface area contributed by atoms with E-state index in [0.29, 0.717) is 11.3 Å². The number of hydrogen-bond donors (Lipinski definition) is 1. The highest BCUT2D eigenvalue weighted by molar-refractivity contribution is 5.83. The highest BCUT2D eigenvalue weighted by Crippen LogP contribution is 2.38. The molecule has 0 aliphatic rings. The molecule has 3 aromatic rings. The lowest BCUT2D eigenvalue weighted by molar-refractivity contribution is -0.394. The van der Waals surface area contributed by atoms with Gasteiger partial charge in [-0.05, 0) is 61.7 Å². The van der Waals surface area contributed by atoms with Gasteiger partial charge in [0.05, 0.1) is 28.7 Å². The number of aryl methyl sites for hydroxylation is 2. The van der Waals surface area contributed by atoms with E-state index in [1.807, 2.05) is 32.0 Å². The summed E-state index contributed by atoms with van der Waals surface area (Å²) in [6, 6.07) is 13.4. The van der Waals surface area contributed by atoms with Gasteiger partial charge in [-0.1, -0.05) is 18.2 Å². The number of hydrogen-bond acceptors (Lipinski definition) is 9. The van der Waals surface area contributed by atoms with Crippen LogP contribution in [0.1, 0.15) is 23.6 Å². The lowest BCUT2D eigenvalue weighted by Crippen LogP contribution is -2.25. The number of benzene rings is 3. The lowest BCUT2D eigenvalue weighted by atomic mass is 10.1. The van der Waals surface area contributed by atoms with E-state index in [2.05, 4.69) is 10.5 Å². The minimum absolute atomic E-state index is 0.155. The van der Waals surface area contributed by atoms with Crippen LogP contribution in [0.25, 0.3) is 0 Å². The Bertz CT molecular complexity index is 1340. The molecule has 12 nitrogen and oxygen atoms in total. The molecular formula is C25H24N4O8. The molecule has 0 aliphatic heterocycles. The summed E-state index contributed by atoms with van der Waals surface area (Å²) in [6.45, 7) is 5.58. The zero-order valence-electron chi connectivity index (χ0n) is 20.3. The Morgan fingerprint density at radius 2 is 1.65 bits per heavy atom. The first-order valence-electron chi connectivity index (χ1n) is 11.1. The Morgan fingerprint density at radius 1 is 0.946 bits per heavy atom. The second kappa shape index (κ2) is 12.1. The number of amides is 1. The summed E-state index contributed by atoms with van der Waals surface area (Å²) in [5.74, 6) is 0.418. The van der Waals surface area contributed by atoms with E-state index in [-0.39, 0.29) is 30.5 Å². The molecule has 0 fully saturated rings. The summed E-state index contributed by atoms with van der Waals surface area (Å²) in [5, 5.41) is 26.3. The molecule has 0 saturated carbocycles. The van der Waals surface area contributed by atoms with Gasteiger partial charge >= 0.3 is 5.69 Å². The molecule has 0 saturated heterocycles. The van der Waals surface area contributed by atoms with Crippen LogP contribution in [-0.4, -0.2) is 35.2 Å². The third kappa shape index (κ3) is 7.01. The highest BCUT2D eigenvalue weighted by Gasteiger charge is 2.22. The quantitative estimate of drug-likeness (QED) is 0.219. The van der Waals surface area contributed by atoms with Crippen LogP contribution in [-0.2, 0) is 4.79 Å². The summed E-state index contributed by atoms with van der Waals surface area (Å²) in [6.07, 6.45) is 1.39. The van der Waals surface area contributed by atoms with Gasteiger partial charge in [0.15, 0.2) is 18.1 Å². The van der Waals surface area contributed by atoms with Crippen LogP contribution < -0.4 is 19.6 Å².